The molecule has 1 atom stereocenters. The maximum Gasteiger partial charge on any atom is 0.328 e. The summed E-state index contributed by atoms with van der Waals surface area (Å²) in [6.45, 7) is 1.74. The summed E-state index contributed by atoms with van der Waals surface area (Å²) in [6, 6.07) is 15.6. The number of nitrogens with one attached hydrogen (secondary N) is 1. The molecular formula is C28H28ClNO7S2. The van der Waals surface area contributed by atoms with Crippen LogP contribution >= 0.6 is 11.6 Å². The number of carboxylic acids is 1. The average Bonchev–Trinajstić information content (AvgIpc) is 2.88. The fourth-order valence-electron chi connectivity index (χ4n) is 4.55. The Labute approximate surface area is 233 Å². The van der Waals surface area contributed by atoms with Crippen LogP contribution in [0.5, 0.6) is 0 Å². The van der Waals surface area contributed by atoms with Crippen molar-refractivity contribution in [2.45, 2.75) is 48.4 Å². The predicted molar refractivity (Wildman–Crippen MR) is 149 cm³/mol. The second kappa shape index (κ2) is 12.0. The van der Waals surface area contributed by atoms with Crippen LogP contribution in [0.4, 0.5) is 0 Å². The smallest absolute Gasteiger partial charge is 0.328 e. The number of benzene rings is 3. The van der Waals surface area contributed by atoms with Crippen molar-refractivity contribution < 1.29 is 30.9 Å². The molecule has 4 rings (SSSR count). The number of rotatable bonds is 10. The molecule has 0 aliphatic heterocycles. The van der Waals surface area contributed by atoms with Gasteiger partial charge in [0.1, 0.15) is 0 Å². The first kappa shape index (κ1) is 29.0. The topological polar surface area (TPSA) is 127 Å². The van der Waals surface area contributed by atoms with Gasteiger partial charge in [0.25, 0.3) is 10.1 Å². The Balaban J connectivity index is 1.51. The molecule has 0 saturated carbocycles. The van der Waals surface area contributed by atoms with Crippen molar-refractivity contribution in [3.05, 3.63) is 99.6 Å². The van der Waals surface area contributed by atoms with Crippen molar-refractivity contribution in [1.29, 1.82) is 0 Å². The van der Waals surface area contributed by atoms with Crippen LogP contribution in [0.25, 0.3) is 6.08 Å². The predicted octanol–water partition coefficient (Wildman–Crippen LogP) is 4.53. The lowest BCUT2D eigenvalue weighted by Crippen LogP contribution is -2.39. The number of halogens is 1. The molecule has 0 fully saturated rings. The number of sulfonamides is 1. The molecule has 3 aromatic carbocycles. The molecule has 1 aliphatic rings. The number of carbonyl (C=O) groups is 1. The summed E-state index contributed by atoms with van der Waals surface area (Å²) in [5.41, 5.74) is 4.16. The molecule has 39 heavy (non-hydrogen) atoms. The number of carboxylic acid groups (broad SMARTS) is 1. The highest BCUT2D eigenvalue weighted by Gasteiger charge is 2.26. The van der Waals surface area contributed by atoms with Crippen LogP contribution < -0.4 is 4.72 Å². The molecular weight excluding hydrogens is 562 g/mol. The van der Waals surface area contributed by atoms with Crippen LogP contribution in [-0.4, -0.2) is 40.6 Å². The quantitative estimate of drug-likeness (QED) is 0.263. The fraction of sp³-hybridized carbons (Fsp3) is 0.250. The number of hydrogen-bond donors (Lipinski definition) is 2. The Hall–Kier alpha value is -3.02. The van der Waals surface area contributed by atoms with Crippen molar-refractivity contribution in [3.8, 4) is 0 Å². The van der Waals surface area contributed by atoms with E-state index in [4.69, 9.17) is 15.8 Å². The Morgan fingerprint density at radius 3 is 2.36 bits per heavy atom. The summed E-state index contributed by atoms with van der Waals surface area (Å²) in [5, 5.41) is 9.66. The summed E-state index contributed by atoms with van der Waals surface area (Å²) >= 11 is 5.87. The van der Waals surface area contributed by atoms with E-state index in [0.29, 0.717) is 29.8 Å². The zero-order valence-electron chi connectivity index (χ0n) is 21.1. The first-order valence-electron chi connectivity index (χ1n) is 12.2. The standard InChI is InChI=1S/C28H28ClNO7S2/c1-19-2-9-25(10-3-19)39(35,36)37-17-16-20-4-5-21-18-23(8-13-27(21)26(20)14-15-28(31)32)30-38(33,34)24-11-6-22(29)7-12-24/h2-7,9-12,14-15,23,30H,8,13,16-18H2,1H3,(H,31,32)/b15-14+. The van der Waals surface area contributed by atoms with E-state index in [1.54, 1.807) is 18.2 Å². The summed E-state index contributed by atoms with van der Waals surface area (Å²) < 4.78 is 58.8. The first-order valence-corrected chi connectivity index (χ1v) is 15.5. The molecule has 0 aromatic heterocycles. The van der Waals surface area contributed by atoms with Gasteiger partial charge in [-0.25, -0.2) is 17.9 Å². The number of aliphatic carboxylic acids is 1. The molecule has 1 aliphatic carbocycles. The van der Waals surface area contributed by atoms with Gasteiger partial charge in [-0.3, -0.25) is 4.18 Å². The highest BCUT2D eigenvalue weighted by molar-refractivity contribution is 7.89. The molecule has 2 N–H and O–H groups in total. The van der Waals surface area contributed by atoms with Crippen LogP contribution in [0.3, 0.4) is 0 Å². The largest absolute Gasteiger partial charge is 0.478 e. The first-order chi connectivity index (χ1) is 18.4. The van der Waals surface area contributed by atoms with Crippen molar-refractivity contribution in [1.82, 2.24) is 4.72 Å². The van der Waals surface area contributed by atoms with Gasteiger partial charge in [0.15, 0.2) is 0 Å². The molecule has 0 saturated heterocycles. The zero-order chi connectivity index (χ0) is 28.2. The lowest BCUT2D eigenvalue weighted by molar-refractivity contribution is -0.131. The highest BCUT2D eigenvalue weighted by Crippen LogP contribution is 2.30. The number of hydrogen-bond acceptors (Lipinski definition) is 6. The third kappa shape index (κ3) is 7.34. The third-order valence-corrected chi connectivity index (χ3v) is 9.63. The zero-order valence-corrected chi connectivity index (χ0v) is 23.5. The molecule has 0 heterocycles. The summed E-state index contributed by atoms with van der Waals surface area (Å²) in [5.74, 6) is -1.11. The van der Waals surface area contributed by atoms with Gasteiger partial charge in [-0.15, -0.1) is 0 Å². The highest BCUT2D eigenvalue weighted by atomic mass is 35.5. The number of fused-ring (bicyclic) bond motifs is 1. The van der Waals surface area contributed by atoms with E-state index in [-0.39, 0.29) is 28.9 Å². The molecule has 0 radical (unpaired) electrons. The van der Waals surface area contributed by atoms with Gasteiger partial charge in [0.2, 0.25) is 10.0 Å². The molecule has 1 unspecified atom stereocenters. The fourth-order valence-corrected chi connectivity index (χ4v) is 6.85. The van der Waals surface area contributed by atoms with Crippen molar-refractivity contribution >= 4 is 43.8 Å². The second-order valence-corrected chi connectivity index (χ2v) is 13.1. The maximum atomic E-state index is 12.8. The van der Waals surface area contributed by atoms with Gasteiger partial charge in [0, 0.05) is 17.1 Å². The summed E-state index contributed by atoms with van der Waals surface area (Å²) in [7, 11) is -7.68. The van der Waals surface area contributed by atoms with E-state index < -0.39 is 26.1 Å². The lowest BCUT2D eigenvalue weighted by atomic mass is 9.83. The van der Waals surface area contributed by atoms with Gasteiger partial charge < -0.3 is 5.11 Å². The Kier molecular flexibility index (Phi) is 8.93. The second-order valence-electron chi connectivity index (χ2n) is 9.30. The SMILES string of the molecule is Cc1ccc(S(=O)(=O)OCCc2ccc3c(c2/C=C/C(=O)O)CCC(NS(=O)(=O)c2ccc(Cl)cc2)C3)cc1. The lowest BCUT2D eigenvalue weighted by Gasteiger charge is -2.28. The Morgan fingerprint density at radius 2 is 1.69 bits per heavy atom. The van der Waals surface area contributed by atoms with Crippen LogP contribution in [0, 0.1) is 6.92 Å². The molecule has 11 heteroatoms. The van der Waals surface area contributed by atoms with Crippen LogP contribution in [0.1, 0.15) is 34.2 Å². The minimum atomic E-state index is -3.94. The minimum absolute atomic E-state index is 0.0663. The normalized spacial score (nSPS) is 15.8. The van der Waals surface area contributed by atoms with E-state index in [1.165, 1.54) is 42.5 Å². The molecule has 0 amide bonds. The third-order valence-electron chi connectivity index (χ3n) is 6.51. The number of aryl methyl sites for hydroxylation is 1. The maximum absolute atomic E-state index is 12.8. The van der Waals surface area contributed by atoms with Crippen LogP contribution in [-0.2, 0) is 48.4 Å². The molecule has 0 bridgehead atoms. The Morgan fingerprint density at radius 1 is 1.03 bits per heavy atom. The van der Waals surface area contributed by atoms with Crippen molar-refractivity contribution in [2.75, 3.05) is 6.61 Å². The molecule has 0 spiro atoms. The van der Waals surface area contributed by atoms with Crippen molar-refractivity contribution in [2.24, 2.45) is 0 Å². The van der Waals surface area contributed by atoms with E-state index in [0.717, 1.165) is 28.3 Å². The average molecular weight is 590 g/mol. The summed E-state index contributed by atoms with van der Waals surface area (Å²) in [4.78, 5) is 11.5. The van der Waals surface area contributed by atoms with Gasteiger partial charge in [-0.05, 0) is 97.3 Å². The monoisotopic (exact) mass is 589 g/mol. The van der Waals surface area contributed by atoms with E-state index in [9.17, 15) is 26.7 Å². The van der Waals surface area contributed by atoms with E-state index in [1.807, 2.05) is 13.0 Å². The molecule has 8 nitrogen and oxygen atoms in total. The van der Waals surface area contributed by atoms with E-state index in [2.05, 4.69) is 4.72 Å². The summed E-state index contributed by atoms with van der Waals surface area (Å²) in [6.07, 6.45) is 4.23. The van der Waals surface area contributed by atoms with Gasteiger partial charge in [-0.2, -0.15) is 8.42 Å². The van der Waals surface area contributed by atoms with E-state index >= 15 is 0 Å². The van der Waals surface area contributed by atoms with Gasteiger partial charge in [-0.1, -0.05) is 41.4 Å². The minimum Gasteiger partial charge on any atom is -0.478 e. The Bertz CT molecular complexity index is 1600. The molecule has 206 valence electrons. The van der Waals surface area contributed by atoms with Crippen LogP contribution in [0.2, 0.25) is 5.02 Å². The van der Waals surface area contributed by atoms with Crippen LogP contribution in [0.15, 0.2) is 76.5 Å². The van der Waals surface area contributed by atoms with Gasteiger partial charge in [0.05, 0.1) is 16.4 Å². The van der Waals surface area contributed by atoms with Gasteiger partial charge >= 0.3 is 5.97 Å². The molecule has 3 aromatic rings. The van der Waals surface area contributed by atoms with Crippen molar-refractivity contribution in [3.63, 3.8) is 0 Å².